The number of nitrogens with zero attached hydrogens (tertiary/aromatic N) is 2. The second kappa shape index (κ2) is 10.3. The molecule has 1 heterocycles. The normalized spacial score (nSPS) is 15.3. The van der Waals surface area contributed by atoms with E-state index in [1.807, 2.05) is 38.2 Å². The van der Waals surface area contributed by atoms with Crippen molar-refractivity contribution in [1.82, 2.24) is 10.3 Å². The van der Waals surface area contributed by atoms with Crippen LogP contribution in [0.1, 0.15) is 49.9 Å². The van der Waals surface area contributed by atoms with Crippen LogP contribution >= 0.6 is 11.3 Å². The van der Waals surface area contributed by atoms with Gasteiger partial charge in [0.05, 0.1) is 22.3 Å². The van der Waals surface area contributed by atoms with Crippen LogP contribution in [0.15, 0.2) is 42.6 Å². The van der Waals surface area contributed by atoms with Gasteiger partial charge in [-0.3, -0.25) is 0 Å². The van der Waals surface area contributed by atoms with Crippen LogP contribution in [0.3, 0.4) is 0 Å². The summed E-state index contributed by atoms with van der Waals surface area (Å²) in [5.41, 5.74) is 5.11. The van der Waals surface area contributed by atoms with Crippen molar-refractivity contribution in [3.8, 4) is 32.8 Å². The summed E-state index contributed by atoms with van der Waals surface area (Å²) in [6, 6.07) is 14.3. The molecule has 0 bridgehead atoms. The minimum Gasteiger partial charge on any atom is -0.490 e. The van der Waals surface area contributed by atoms with Gasteiger partial charge in [0, 0.05) is 30.1 Å². The molecule has 1 N–H and O–H groups in total. The molecule has 0 fully saturated rings. The second-order valence-corrected chi connectivity index (χ2v) is 12.2. The van der Waals surface area contributed by atoms with Gasteiger partial charge < -0.3 is 10.1 Å². The van der Waals surface area contributed by atoms with Crippen LogP contribution in [0.25, 0.3) is 21.0 Å². The third-order valence-electron chi connectivity index (χ3n) is 6.00. The molecule has 1 aliphatic rings. The molecular weight excluding hydrogens is 466 g/mol. The second-order valence-electron chi connectivity index (χ2n) is 8.67. The van der Waals surface area contributed by atoms with Crippen LogP contribution < -0.4 is 10.1 Å². The molecule has 0 saturated heterocycles. The van der Waals surface area contributed by atoms with Crippen LogP contribution in [0.4, 0.5) is 0 Å². The average molecular weight is 496 g/mol. The van der Waals surface area contributed by atoms with E-state index < -0.39 is 9.84 Å². The Morgan fingerprint density at radius 3 is 2.85 bits per heavy atom. The minimum absolute atomic E-state index is 0.000969. The summed E-state index contributed by atoms with van der Waals surface area (Å²) in [4.78, 5) is 5.73. The van der Waals surface area contributed by atoms with Crippen LogP contribution in [0, 0.1) is 11.3 Å². The van der Waals surface area contributed by atoms with E-state index in [0.29, 0.717) is 17.9 Å². The highest BCUT2D eigenvalue weighted by Gasteiger charge is 2.25. The zero-order valence-corrected chi connectivity index (χ0v) is 21.3. The number of benzene rings is 2. The lowest BCUT2D eigenvalue weighted by atomic mass is 10.0. The summed E-state index contributed by atoms with van der Waals surface area (Å²) < 4.78 is 29.4. The first-order chi connectivity index (χ1) is 16.3. The van der Waals surface area contributed by atoms with Gasteiger partial charge in [0.1, 0.15) is 16.8 Å². The summed E-state index contributed by atoms with van der Waals surface area (Å²) in [6.45, 7) is 6.03. The first-order valence-electron chi connectivity index (χ1n) is 11.5. The van der Waals surface area contributed by atoms with Crippen LogP contribution in [0.2, 0.25) is 0 Å². The SMILES string of the molecule is CCS(=O)(=O)CCNC1CCc2c(-c3cnc(-c4ccc(OC(C)C)c(C#N)c4)s3)cccc21. The number of nitriles is 1. The number of sulfone groups is 1. The lowest BCUT2D eigenvalue weighted by molar-refractivity contribution is 0.242. The highest BCUT2D eigenvalue weighted by Crippen LogP contribution is 2.41. The molecule has 4 rings (SSSR count). The van der Waals surface area contributed by atoms with Gasteiger partial charge in [-0.1, -0.05) is 25.1 Å². The Kier molecular flexibility index (Phi) is 7.36. The van der Waals surface area contributed by atoms with Gasteiger partial charge in [-0.15, -0.1) is 11.3 Å². The molecule has 0 aliphatic heterocycles. The number of thiazole rings is 1. The van der Waals surface area contributed by atoms with Crippen molar-refractivity contribution in [3.63, 3.8) is 0 Å². The molecule has 1 unspecified atom stereocenters. The molecule has 178 valence electrons. The number of nitrogens with one attached hydrogen (secondary N) is 1. The highest BCUT2D eigenvalue weighted by molar-refractivity contribution is 7.91. The molecule has 2 aromatic carbocycles. The number of ether oxygens (including phenoxy) is 1. The van der Waals surface area contributed by atoms with Crippen molar-refractivity contribution in [2.24, 2.45) is 0 Å². The maximum Gasteiger partial charge on any atom is 0.151 e. The van der Waals surface area contributed by atoms with Crippen molar-refractivity contribution >= 4 is 21.2 Å². The predicted molar refractivity (Wildman–Crippen MR) is 137 cm³/mol. The van der Waals surface area contributed by atoms with Crippen LogP contribution in [-0.2, 0) is 16.3 Å². The molecule has 0 saturated carbocycles. The fourth-order valence-electron chi connectivity index (χ4n) is 4.27. The molecule has 1 aliphatic carbocycles. The van der Waals surface area contributed by atoms with Crippen LogP contribution in [-0.4, -0.2) is 37.6 Å². The smallest absolute Gasteiger partial charge is 0.151 e. The summed E-state index contributed by atoms with van der Waals surface area (Å²) in [5.74, 6) is 0.931. The Hall–Kier alpha value is -2.73. The van der Waals surface area contributed by atoms with Gasteiger partial charge in [0.2, 0.25) is 0 Å². The van der Waals surface area contributed by atoms with E-state index in [1.54, 1.807) is 18.3 Å². The van der Waals surface area contributed by atoms with Crippen LogP contribution in [0.5, 0.6) is 5.75 Å². The van der Waals surface area contributed by atoms with E-state index >= 15 is 0 Å². The Morgan fingerprint density at radius 1 is 1.29 bits per heavy atom. The maximum absolute atomic E-state index is 11.8. The molecule has 3 aromatic rings. The van der Waals surface area contributed by atoms with E-state index in [0.717, 1.165) is 28.3 Å². The van der Waals surface area contributed by atoms with E-state index in [9.17, 15) is 13.7 Å². The van der Waals surface area contributed by atoms with Gasteiger partial charge in [0.15, 0.2) is 9.84 Å². The Balaban J connectivity index is 1.55. The van der Waals surface area contributed by atoms with Gasteiger partial charge in [-0.2, -0.15) is 5.26 Å². The van der Waals surface area contributed by atoms with E-state index in [-0.39, 0.29) is 23.7 Å². The minimum atomic E-state index is -2.97. The molecule has 0 amide bonds. The maximum atomic E-state index is 11.8. The molecule has 6 nitrogen and oxygen atoms in total. The first-order valence-corrected chi connectivity index (χ1v) is 14.2. The molecule has 1 atom stereocenters. The lowest BCUT2D eigenvalue weighted by Crippen LogP contribution is -2.26. The lowest BCUT2D eigenvalue weighted by Gasteiger charge is -2.14. The molecule has 34 heavy (non-hydrogen) atoms. The van der Waals surface area contributed by atoms with Crippen molar-refractivity contribution in [1.29, 1.82) is 5.26 Å². The highest BCUT2D eigenvalue weighted by atomic mass is 32.2. The molecule has 1 aromatic heterocycles. The predicted octanol–water partition coefficient (Wildman–Crippen LogP) is 5.15. The van der Waals surface area contributed by atoms with Gasteiger partial charge >= 0.3 is 0 Å². The topological polar surface area (TPSA) is 92.1 Å². The number of aromatic nitrogens is 1. The van der Waals surface area contributed by atoms with Gasteiger partial charge in [-0.25, -0.2) is 13.4 Å². The van der Waals surface area contributed by atoms with Crippen molar-refractivity contribution in [3.05, 3.63) is 59.3 Å². The molecule has 0 radical (unpaired) electrons. The van der Waals surface area contributed by atoms with E-state index in [2.05, 4.69) is 34.6 Å². The largest absolute Gasteiger partial charge is 0.490 e. The number of rotatable bonds is 9. The summed E-state index contributed by atoms with van der Waals surface area (Å²) in [6.07, 6.45) is 3.79. The number of hydrogen-bond acceptors (Lipinski definition) is 7. The number of fused-ring (bicyclic) bond motifs is 1. The van der Waals surface area contributed by atoms with Crippen molar-refractivity contribution < 1.29 is 13.2 Å². The summed E-state index contributed by atoms with van der Waals surface area (Å²) in [7, 11) is -2.97. The monoisotopic (exact) mass is 495 g/mol. The standard InChI is InChI=1S/C26H29N3O3S2/c1-4-34(30,31)13-12-28-23-10-9-20-21(23)6-5-7-22(20)25-16-29-26(33-25)18-8-11-24(32-17(2)3)19(14-18)15-27/h5-8,11,14,16-17,23,28H,4,9-10,12-13H2,1-3H3. The molecule has 0 spiro atoms. The van der Waals surface area contributed by atoms with E-state index in [1.165, 1.54) is 16.7 Å². The van der Waals surface area contributed by atoms with Gasteiger partial charge in [-0.05, 0) is 61.6 Å². The summed E-state index contributed by atoms with van der Waals surface area (Å²) in [5, 5.41) is 13.8. The first kappa shape index (κ1) is 24.4. The quantitative estimate of drug-likeness (QED) is 0.441. The van der Waals surface area contributed by atoms with Crippen molar-refractivity contribution in [2.45, 2.75) is 45.8 Å². The number of hydrogen-bond donors (Lipinski definition) is 1. The fourth-order valence-corrected chi connectivity index (χ4v) is 5.95. The van der Waals surface area contributed by atoms with Crippen molar-refractivity contribution in [2.75, 3.05) is 18.1 Å². The van der Waals surface area contributed by atoms with Gasteiger partial charge in [0.25, 0.3) is 0 Å². The Labute approximate surface area is 205 Å². The average Bonchev–Trinajstić information content (AvgIpc) is 3.47. The third kappa shape index (κ3) is 5.33. The Bertz CT molecular complexity index is 1320. The summed E-state index contributed by atoms with van der Waals surface area (Å²) >= 11 is 1.61. The fraction of sp³-hybridized carbons (Fsp3) is 0.385. The molecule has 8 heteroatoms. The third-order valence-corrected chi connectivity index (χ3v) is 8.78. The zero-order chi connectivity index (χ0) is 24.3. The van der Waals surface area contributed by atoms with E-state index in [4.69, 9.17) is 4.74 Å². The Morgan fingerprint density at radius 2 is 2.12 bits per heavy atom. The zero-order valence-electron chi connectivity index (χ0n) is 19.7. The molecular formula is C26H29N3O3S2.